The molecule has 1 aliphatic heterocycles. The largest absolute Gasteiger partial charge is 0.481 e. The molecule has 16 heavy (non-hydrogen) atoms. The van der Waals surface area contributed by atoms with Crippen LogP contribution in [0.4, 0.5) is 0 Å². The molecule has 0 aromatic carbocycles. The Labute approximate surface area is 94.6 Å². The predicted octanol–water partition coefficient (Wildman–Crippen LogP) is 1.23. The molecule has 90 valence electrons. The summed E-state index contributed by atoms with van der Waals surface area (Å²) in [6.45, 7) is 6.07. The third-order valence-corrected chi connectivity index (χ3v) is 2.24. The van der Waals surface area contributed by atoms with Crippen LogP contribution < -0.4 is 0 Å². The standard InChI is InChI=1S/C11H17NO4/c1-11(2,3)16-12-6-4-5-8(10(14)15)9(12)7-13/h8H,4-6H2,1-3H3,(H,14,15)/t8-/m1/s1. The average molecular weight is 227 g/mol. The van der Waals surface area contributed by atoms with Crippen LogP contribution in [0.5, 0.6) is 0 Å². The van der Waals surface area contributed by atoms with E-state index in [-0.39, 0.29) is 5.70 Å². The second kappa shape index (κ2) is 4.68. The Hall–Kier alpha value is -1.32. The van der Waals surface area contributed by atoms with Gasteiger partial charge in [-0.2, -0.15) is 0 Å². The number of aliphatic carboxylic acids is 1. The predicted molar refractivity (Wildman–Crippen MR) is 57.1 cm³/mol. The highest BCUT2D eigenvalue weighted by Crippen LogP contribution is 2.28. The molecule has 0 amide bonds. The molecule has 5 heteroatoms. The zero-order chi connectivity index (χ0) is 12.3. The Balaban J connectivity index is 2.86. The maximum Gasteiger partial charge on any atom is 0.313 e. The normalized spacial score (nSPS) is 21.8. The van der Waals surface area contributed by atoms with E-state index in [0.29, 0.717) is 19.4 Å². The van der Waals surface area contributed by atoms with Gasteiger partial charge in [-0.1, -0.05) is 0 Å². The van der Waals surface area contributed by atoms with Crippen molar-refractivity contribution in [2.75, 3.05) is 6.54 Å². The second-order valence-corrected chi connectivity index (χ2v) is 4.83. The van der Waals surface area contributed by atoms with Gasteiger partial charge in [-0.05, 0) is 33.6 Å². The molecular formula is C11H17NO4. The van der Waals surface area contributed by atoms with Gasteiger partial charge in [0.25, 0.3) is 0 Å². The van der Waals surface area contributed by atoms with Gasteiger partial charge < -0.3 is 5.11 Å². The number of carboxylic acids is 1. The molecule has 1 fully saturated rings. The highest BCUT2D eigenvalue weighted by atomic mass is 16.7. The van der Waals surface area contributed by atoms with Crippen molar-refractivity contribution < 1.29 is 19.5 Å². The van der Waals surface area contributed by atoms with Crippen LogP contribution in [0.1, 0.15) is 33.6 Å². The maximum atomic E-state index is 11.0. The Morgan fingerprint density at radius 3 is 2.62 bits per heavy atom. The van der Waals surface area contributed by atoms with Gasteiger partial charge in [-0.3, -0.25) is 9.63 Å². The van der Waals surface area contributed by atoms with E-state index in [1.807, 2.05) is 20.8 Å². The first-order chi connectivity index (χ1) is 7.35. The van der Waals surface area contributed by atoms with Gasteiger partial charge in [0.1, 0.15) is 17.6 Å². The van der Waals surface area contributed by atoms with E-state index in [0.717, 1.165) is 0 Å². The Morgan fingerprint density at radius 2 is 2.19 bits per heavy atom. The van der Waals surface area contributed by atoms with Crippen LogP contribution in [0.3, 0.4) is 0 Å². The highest BCUT2D eigenvalue weighted by Gasteiger charge is 2.34. The molecule has 0 aliphatic carbocycles. The van der Waals surface area contributed by atoms with Crippen LogP contribution >= 0.6 is 0 Å². The van der Waals surface area contributed by atoms with Gasteiger partial charge in [0.15, 0.2) is 0 Å². The van der Waals surface area contributed by atoms with Gasteiger partial charge in [0.2, 0.25) is 0 Å². The summed E-state index contributed by atoms with van der Waals surface area (Å²) in [4.78, 5) is 27.3. The summed E-state index contributed by atoms with van der Waals surface area (Å²) < 4.78 is 0. The smallest absolute Gasteiger partial charge is 0.313 e. The summed E-state index contributed by atoms with van der Waals surface area (Å²) in [5, 5.41) is 10.3. The van der Waals surface area contributed by atoms with Crippen molar-refractivity contribution in [3.8, 4) is 0 Å². The fourth-order valence-electron chi connectivity index (χ4n) is 1.66. The van der Waals surface area contributed by atoms with Gasteiger partial charge in [0, 0.05) is 6.54 Å². The lowest BCUT2D eigenvalue weighted by atomic mass is 9.96. The third-order valence-electron chi connectivity index (χ3n) is 2.24. The van der Waals surface area contributed by atoms with Crippen molar-refractivity contribution in [3.63, 3.8) is 0 Å². The minimum atomic E-state index is -0.999. The molecule has 1 aliphatic rings. The second-order valence-electron chi connectivity index (χ2n) is 4.83. The number of hydrogen-bond acceptors (Lipinski definition) is 4. The van der Waals surface area contributed by atoms with E-state index in [1.54, 1.807) is 5.94 Å². The average Bonchev–Trinajstić information content (AvgIpc) is 2.14. The number of hydroxylamine groups is 2. The van der Waals surface area contributed by atoms with Crippen molar-refractivity contribution in [1.82, 2.24) is 5.06 Å². The maximum absolute atomic E-state index is 11.0. The summed E-state index contributed by atoms with van der Waals surface area (Å²) in [5.41, 5.74) is -0.364. The molecule has 1 heterocycles. The molecule has 0 aromatic heterocycles. The number of nitrogens with zero attached hydrogens (tertiary/aromatic N) is 1. The van der Waals surface area contributed by atoms with Crippen LogP contribution in [-0.4, -0.2) is 34.2 Å². The number of carboxylic acid groups (broad SMARTS) is 1. The van der Waals surface area contributed by atoms with Crippen LogP contribution in [0, 0.1) is 5.92 Å². The van der Waals surface area contributed by atoms with E-state index in [2.05, 4.69) is 0 Å². The van der Waals surface area contributed by atoms with Crippen molar-refractivity contribution >= 4 is 11.9 Å². The van der Waals surface area contributed by atoms with E-state index in [4.69, 9.17) is 9.94 Å². The summed E-state index contributed by atoms with van der Waals surface area (Å²) in [5.74, 6) is -0.102. The van der Waals surface area contributed by atoms with Crippen LogP contribution in [0.25, 0.3) is 0 Å². The zero-order valence-electron chi connectivity index (χ0n) is 9.82. The first kappa shape index (κ1) is 12.7. The molecule has 1 saturated heterocycles. The summed E-state index contributed by atoms with van der Waals surface area (Å²) in [6.07, 6.45) is 1.15. The van der Waals surface area contributed by atoms with Gasteiger partial charge in [-0.15, -0.1) is 0 Å². The highest BCUT2D eigenvalue weighted by molar-refractivity contribution is 5.77. The van der Waals surface area contributed by atoms with E-state index in [1.165, 1.54) is 5.06 Å². The monoisotopic (exact) mass is 227 g/mol. The van der Waals surface area contributed by atoms with Crippen molar-refractivity contribution in [1.29, 1.82) is 0 Å². The first-order valence-electron chi connectivity index (χ1n) is 5.29. The zero-order valence-corrected chi connectivity index (χ0v) is 9.82. The molecule has 0 aromatic rings. The molecule has 0 bridgehead atoms. The van der Waals surface area contributed by atoms with Gasteiger partial charge in [0.05, 0.1) is 5.60 Å². The number of carbonyl (C=O) groups excluding carboxylic acids is 1. The quantitative estimate of drug-likeness (QED) is 0.719. The molecule has 1 N–H and O–H groups in total. The fourth-order valence-corrected chi connectivity index (χ4v) is 1.66. The van der Waals surface area contributed by atoms with Gasteiger partial charge >= 0.3 is 5.97 Å². The van der Waals surface area contributed by atoms with E-state index >= 15 is 0 Å². The molecule has 1 atom stereocenters. The summed E-state index contributed by atoms with van der Waals surface area (Å²) in [7, 11) is 0. The topological polar surface area (TPSA) is 66.8 Å². The van der Waals surface area contributed by atoms with Crippen LogP contribution in [-0.2, 0) is 14.4 Å². The minimum Gasteiger partial charge on any atom is -0.481 e. The SMILES string of the molecule is CC(C)(C)ON1CCC[C@@H](C(=O)O)C1=C=O. The minimum absolute atomic E-state index is 0.0914. The molecule has 0 spiro atoms. The summed E-state index contributed by atoms with van der Waals surface area (Å²) >= 11 is 0. The lowest BCUT2D eigenvalue weighted by Gasteiger charge is -2.36. The lowest BCUT2D eigenvalue weighted by Crippen LogP contribution is -2.41. The molecule has 0 unspecified atom stereocenters. The van der Waals surface area contributed by atoms with Crippen molar-refractivity contribution in [2.24, 2.45) is 5.92 Å². The number of piperidine rings is 1. The third kappa shape index (κ3) is 3.08. The number of hydrogen-bond donors (Lipinski definition) is 1. The molecular weight excluding hydrogens is 210 g/mol. The van der Waals surface area contributed by atoms with Crippen molar-refractivity contribution in [2.45, 2.75) is 39.2 Å². The molecule has 0 radical (unpaired) electrons. The van der Waals surface area contributed by atoms with Gasteiger partial charge in [-0.25, -0.2) is 9.86 Å². The Bertz CT molecular complexity index is 325. The molecule has 1 rings (SSSR count). The number of rotatable bonds is 2. The Kier molecular flexibility index (Phi) is 3.73. The molecule has 5 nitrogen and oxygen atoms in total. The fraction of sp³-hybridized carbons (Fsp3) is 0.727. The van der Waals surface area contributed by atoms with Crippen molar-refractivity contribution in [3.05, 3.63) is 5.70 Å². The Morgan fingerprint density at radius 1 is 1.56 bits per heavy atom. The first-order valence-corrected chi connectivity index (χ1v) is 5.29. The summed E-state index contributed by atoms with van der Waals surface area (Å²) in [6, 6.07) is 0. The van der Waals surface area contributed by atoms with E-state index in [9.17, 15) is 9.59 Å². The van der Waals surface area contributed by atoms with Crippen LogP contribution in [0.2, 0.25) is 0 Å². The van der Waals surface area contributed by atoms with E-state index < -0.39 is 17.5 Å². The lowest BCUT2D eigenvalue weighted by molar-refractivity contribution is -0.218. The number of carbonyl (C=O) groups is 1. The molecule has 0 saturated carbocycles. The van der Waals surface area contributed by atoms with Crippen LogP contribution in [0.15, 0.2) is 5.70 Å².